The lowest BCUT2D eigenvalue weighted by Gasteiger charge is -2.18. The molecule has 1 unspecified atom stereocenters. The van der Waals surface area contributed by atoms with Gasteiger partial charge in [-0.15, -0.1) is 0 Å². The molecule has 3 N–H and O–H groups in total. The first kappa shape index (κ1) is 20.3. The standard InChI is InChI=1S/C25H20N4O4/c30-24(20(14-16-6-2-1-3-7-16)29-25(31)22-9-5-13-33-22)26-17-10-11-18-19(15-17)28-23(27-18)21-8-4-12-32-21/h1-13,15,20H,14H2,(H,26,30)(H,27,28)(H,29,31). The van der Waals surface area contributed by atoms with Crippen LogP contribution < -0.4 is 10.6 Å². The van der Waals surface area contributed by atoms with Crippen LogP contribution in [0.5, 0.6) is 0 Å². The molecule has 8 nitrogen and oxygen atoms in total. The summed E-state index contributed by atoms with van der Waals surface area (Å²) < 4.78 is 10.6. The van der Waals surface area contributed by atoms with Crippen molar-refractivity contribution in [3.8, 4) is 11.6 Å². The number of aromatic nitrogens is 2. The maximum absolute atomic E-state index is 13.2. The van der Waals surface area contributed by atoms with Gasteiger partial charge in [-0.1, -0.05) is 30.3 Å². The molecule has 0 saturated carbocycles. The first-order valence-corrected chi connectivity index (χ1v) is 10.4. The molecular weight excluding hydrogens is 420 g/mol. The molecule has 3 aromatic heterocycles. The predicted octanol–water partition coefficient (Wildman–Crippen LogP) is 4.40. The number of amides is 2. The zero-order valence-corrected chi connectivity index (χ0v) is 17.4. The van der Waals surface area contributed by atoms with Crippen LogP contribution >= 0.6 is 0 Å². The Hall–Kier alpha value is -4.59. The molecule has 0 aliphatic heterocycles. The molecule has 5 aromatic rings. The summed E-state index contributed by atoms with van der Waals surface area (Å²) in [6.07, 6.45) is 3.32. The van der Waals surface area contributed by atoms with Crippen molar-refractivity contribution in [2.75, 3.05) is 5.32 Å². The number of nitrogens with one attached hydrogen (secondary N) is 3. The van der Waals surface area contributed by atoms with Crippen LogP contribution in [0.15, 0.2) is 94.2 Å². The molecule has 0 aliphatic rings. The highest BCUT2D eigenvalue weighted by molar-refractivity contribution is 6.01. The van der Waals surface area contributed by atoms with Crippen LogP contribution in [-0.4, -0.2) is 27.8 Å². The number of imidazole rings is 1. The van der Waals surface area contributed by atoms with Gasteiger partial charge in [0.05, 0.1) is 23.6 Å². The van der Waals surface area contributed by atoms with E-state index in [1.165, 1.54) is 6.26 Å². The quantitative estimate of drug-likeness (QED) is 0.347. The zero-order chi connectivity index (χ0) is 22.6. The third-order valence-electron chi connectivity index (χ3n) is 5.15. The van der Waals surface area contributed by atoms with Crippen molar-refractivity contribution >= 4 is 28.5 Å². The average molecular weight is 440 g/mol. The Kier molecular flexibility index (Phi) is 5.47. The summed E-state index contributed by atoms with van der Waals surface area (Å²) >= 11 is 0. The number of nitrogens with zero attached hydrogens (tertiary/aromatic N) is 1. The number of rotatable bonds is 7. The highest BCUT2D eigenvalue weighted by atomic mass is 16.3. The minimum Gasteiger partial charge on any atom is -0.461 e. The van der Waals surface area contributed by atoms with Gasteiger partial charge in [-0.2, -0.15) is 0 Å². The van der Waals surface area contributed by atoms with E-state index in [-0.39, 0.29) is 11.7 Å². The van der Waals surface area contributed by atoms with Gasteiger partial charge in [0.25, 0.3) is 5.91 Å². The zero-order valence-electron chi connectivity index (χ0n) is 17.4. The number of hydrogen-bond donors (Lipinski definition) is 3. The number of fused-ring (bicyclic) bond motifs is 1. The molecule has 5 rings (SSSR count). The minimum absolute atomic E-state index is 0.144. The number of furan rings is 2. The summed E-state index contributed by atoms with van der Waals surface area (Å²) in [5.41, 5.74) is 2.99. The predicted molar refractivity (Wildman–Crippen MR) is 123 cm³/mol. The van der Waals surface area contributed by atoms with Gasteiger partial charge in [-0.05, 0) is 48.0 Å². The largest absolute Gasteiger partial charge is 0.461 e. The molecule has 0 bridgehead atoms. The Morgan fingerprint density at radius 1 is 0.939 bits per heavy atom. The summed E-state index contributed by atoms with van der Waals surface area (Å²) in [5, 5.41) is 5.66. The number of hydrogen-bond acceptors (Lipinski definition) is 5. The molecule has 0 saturated heterocycles. The monoisotopic (exact) mass is 440 g/mol. The summed E-state index contributed by atoms with van der Waals surface area (Å²) in [4.78, 5) is 33.4. The fourth-order valence-electron chi connectivity index (χ4n) is 3.54. The Labute approximate surface area is 188 Å². The molecule has 2 aromatic carbocycles. The van der Waals surface area contributed by atoms with Crippen LogP contribution in [0.25, 0.3) is 22.6 Å². The lowest BCUT2D eigenvalue weighted by Crippen LogP contribution is -2.45. The number of aromatic amines is 1. The van der Waals surface area contributed by atoms with Crippen molar-refractivity contribution < 1.29 is 18.4 Å². The van der Waals surface area contributed by atoms with E-state index in [9.17, 15) is 9.59 Å². The Morgan fingerprint density at radius 2 is 1.76 bits per heavy atom. The summed E-state index contributed by atoms with van der Waals surface area (Å²) in [6, 6.07) is 20.8. The molecule has 2 amide bonds. The van der Waals surface area contributed by atoms with Crippen molar-refractivity contribution in [2.45, 2.75) is 12.5 Å². The van der Waals surface area contributed by atoms with E-state index in [2.05, 4.69) is 20.6 Å². The van der Waals surface area contributed by atoms with Crippen LogP contribution in [0.1, 0.15) is 16.1 Å². The molecule has 0 fully saturated rings. The summed E-state index contributed by atoms with van der Waals surface area (Å²) in [6.45, 7) is 0. The van der Waals surface area contributed by atoms with E-state index in [4.69, 9.17) is 8.83 Å². The molecular formula is C25H20N4O4. The minimum atomic E-state index is -0.804. The second-order valence-electron chi connectivity index (χ2n) is 7.48. The molecule has 8 heteroatoms. The maximum Gasteiger partial charge on any atom is 0.287 e. The van der Waals surface area contributed by atoms with Gasteiger partial charge in [0.1, 0.15) is 6.04 Å². The Bertz CT molecular complexity index is 1370. The average Bonchev–Trinajstić information content (AvgIpc) is 3.60. The molecule has 164 valence electrons. The number of carbonyl (C=O) groups is 2. The van der Waals surface area contributed by atoms with Crippen molar-refractivity contribution in [1.29, 1.82) is 0 Å². The Morgan fingerprint density at radius 3 is 2.52 bits per heavy atom. The number of carbonyl (C=O) groups excluding carboxylic acids is 2. The SMILES string of the molecule is O=C(NC(Cc1ccccc1)C(=O)Nc1ccc2nc(-c3ccco3)[nH]c2c1)c1ccco1. The second-order valence-corrected chi connectivity index (χ2v) is 7.48. The summed E-state index contributed by atoms with van der Waals surface area (Å²) in [5.74, 6) is 0.573. The van der Waals surface area contributed by atoms with E-state index in [0.29, 0.717) is 23.7 Å². The van der Waals surface area contributed by atoms with Crippen molar-refractivity contribution in [1.82, 2.24) is 15.3 Å². The fourth-order valence-corrected chi connectivity index (χ4v) is 3.54. The van der Waals surface area contributed by atoms with E-state index >= 15 is 0 Å². The van der Waals surface area contributed by atoms with Gasteiger partial charge in [-0.3, -0.25) is 9.59 Å². The normalized spacial score (nSPS) is 11.9. The first-order chi connectivity index (χ1) is 16.2. The number of anilines is 1. The smallest absolute Gasteiger partial charge is 0.287 e. The Balaban J connectivity index is 1.36. The van der Waals surface area contributed by atoms with Crippen molar-refractivity contribution in [2.24, 2.45) is 0 Å². The molecule has 3 heterocycles. The second kappa shape index (κ2) is 8.88. The van der Waals surface area contributed by atoms with Gasteiger partial charge in [0.15, 0.2) is 17.3 Å². The van der Waals surface area contributed by atoms with Crippen LogP contribution in [0.3, 0.4) is 0 Å². The molecule has 1 atom stereocenters. The van der Waals surface area contributed by atoms with Gasteiger partial charge in [0.2, 0.25) is 5.91 Å². The van der Waals surface area contributed by atoms with E-state index in [0.717, 1.165) is 16.6 Å². The number of benzene rings is 2. The number of H-pyrrole nitrogens is 1. The third kappa shape index (κ3) is 4.54. The summed E-state index contributed by atoms with van der Waals surface area (Å²) in [7, 11) is 0. The van der Waals surface area contributed by atoms with Crippen LogP contribution in [0.4, 0.5) is 5.69 Å². The topological polar surface area (TPSA) is 113 Å². The van der Waals surface area contributed by atoms with E-state index < -0.39 is 11.9 Å². The van der Waals surface area contributed by atoms with Crippen LogP contribution in [0, 0.1) is 0 Å². The van der Waals surface area contributed by atoms with E-state index in [1.807, 2.05) is 42.5 Å². The van der Waals surface area contributed by atoms with Gasteiger partial charge in [0, 0.05) is 12.1 Å². The lowest BCUT2D eigenvalue weighted by molar-refractivity contribution is -0.118. The highest BCUT2D eigenvalue weighted by Gasteiger charge is 2.23. The molecule has 0 aliphatic carbocycles. The molecule has 0 spiro atoms. The van der Waals surface area contributed by atoms with Crippen molar-refractivity contribution in [3.05, 3.63) is 96.6 Å². The van der Waals surface area contributed by atoms with Gasteiger partial charge < -0.3 is 24.5 Å². The first-order valence-electron chi connectivity index (χ1n) is 10.4. The maximum atomic E-state index is 13.2. The van der Waals surface area contributed by atoms with Crippen molar-refractivity contribution in [3.63, 3.8) is 0 Å². The van der Waals surface area contributed by atoms with Gasteiger partial charge in [-0.25, -0.2) is 4.98 Å². The lowest BCUT2D eigenvalue weighted by atomic mass is 10.0. The van der Waals surface area contributed by atoms with E-state index in [1.54, 1.807) is 36.6 Å². The molecule has 33 heavy (non-hydrogen) atoms. The molecule has 0 radical (unpaired) electrons. The highest BCUT2D eigenvalue weighted by Crippen LogP contribution is 2.23. The third-order valence-corrected chi connectivity index (χ3v) is 5.15. The van der Waals surface area contributed by atoms with Crippen LogP contribution in [0.2, 0.25) is 0 Å². The van der Waals surface area contributed by atoms with Gasteiger partial charge >= 0.3 is 0 Å². The fraction of sp³-hybridized carbons (Fsp3) is 0.0800. The van der Waals surface area contributed by atoms with Crippen LogP contribution in [-0.2, 0) is 11.2 Å².